The van der Waals surface area contributed by atoms with Crippen LogP contribution in [0.3, 0.4) is 0 Å². The summed E-state index contributed by atoms with van der Waals surface area (Å²) in [5, 5.41) is 4.07. The number of anilines is 1. The van der Waals surface area contributed by atoms with Gasteiger partial charge in [-0.25, -0.2) is 9.78 Å². The molecular weight excluding hydrogens is 571 g/mol. The van der Waals surface area contributed by atoms with E-state index in [2.05, 4.69) is 11.4 Å². The molecule has 0 radical (unpaired) electrons. The molecule has 0 fully saturated rings. The highest BCUT2D eigenvalue weighted by molar-refractivity contribution is 6.36. The third-order valence-corrected chi connectivity index (χ3v) is 7.41. The van der Waals surface area contributed by atoms with Crippen LogP contribution in [0.5, 0.6) is 11.5 Å². The number of fused-ring (bicyclic) bond motifs is 2. The lowest BCUT2D eigenvalue weighted by molar-refractivity contribution is -0.119. The lowest BCUT2D eigenvalue weighted by Crippen LogP contribution is -2.22. The Balaban J connectivity index is 1.26. The molecule has 208 valence electrons. The lowest BCUT2D eigenvalue weighted by atomic mass is 10.0. The quantitative estimate of drug-likeness (QED) is 0.191. The van der Waals surface area contributed by atoms with Gasteiger partial charge in [0.2, 0.25) is 0 Å². The Kier molecular flexibility index (Phi) is 7.91. The van der Waals surface area contributed by atoms with Crippen molar-refractivity contribution in [1.29, 1.82) is 0 Å². The van der Waals surface area contributed by atoms with Crippen molar-refractivity contribution in [1.82, 2.24) is 4.98 Å². The number of nitrogens with one attached hydrogen (secondary N) is 1. The molecule has 5 aromatic rings. The van der Waals surface area contributed by atoms with E-state index in [1.54, 1.807) is 12.1 Å². The maximum absolute atomic E-state index is 13.5. The molecular formula is C34H24Cl2N2O4. The summed E-state index contributed by atoms with van der Waals surface area (Å²) in [4.78, 5) is 31.0. The number of halogens is 2. The van der Waals surface area contributed by atoms with Gasteiger partial charge in [-0.1, -0.05) is 71.7 Å². The van der Waals surface area contributed by atoms with Gasteiger partial charge >= 0.3 is 5.97 Å². The number of allylic oxidation sites excluding steroid dienone is 1. The average molecular weight is 595 g/mol. The first-order valence-electron chi connectivity index (χ1n) is 13.3. The van der Waals surface area contributed by atoms with Crippen molar-refractivity contribution in [2.24, 2.45) is 0 Å². The zero-order valence-corrected chi connectivity index (χ0v) is 23.8. The zero-order valence-electron chi connectivity index (χ0n) is 22.3. The number of para-hydroxylation sites is 2. The number of benzene rings is 4. The molecule has 0 atom stereocenters. The van der Waals surface area contributed by atoms with Gasteiger partial charge in [0, 0.05) is 10.4 Å². The third-order valence-electron chi connectivity index (χ3n) is 6.86. The summed E-state index contributed by atoms with van der Waals surface area (Å²) in [7, 11) is 0. The molecule has 0 saturated carbocycles. The van der Waals surface area contributed by atoms with E-state index in [0.717, 1.165) is 33.9 Å². The minimum atomic E-state index is -0.582. The predicted molar refractivity (Wildman–Crippen MR) is 166 cm³/mol. The number of amides is 1. The van der Waals surface area contributed by atoms with E-state index in [9.17, 15) is 9.59 Å². The summed E-state index contributed by atoms with van der Waals surface area (Å²) >= 11 is 12.1. The highest BCUT2D eigenvalue weighted by Gasteiger charge is 2.28. The van der Waals surface area contributed by atoms with E-state index in [1.807, 2.05) is 78.9 Å². The summed E-state index contributed by atoms with van der Waals surface area (Å²) in [5.74, 6) is 0.389. The van der Waals surface area contributed by atoms with Gasteiger partial charge < -0.3 is 14.8 Å². The highest BCUT2D eigenvalue weighted by Crippen LogP contribution is 2.38. The Morgan fingerprint density at radius 1 is 0.857 bits per heavy atom. The Hall–Kier alpha value is -4.65. The zero-order chi connectivity index (χ0) is 29.1. The van der Waals surface area contributed by atoms with Gasteiger partial charge in [0.05, 0.1) is 27.5 Å². The molecule has 1 aromatic heterocycles. The van der Waals surface area contributed by atoms with Crippen molar-refractivity contribution in [3.63, 3.8) is 0 Å². The SMILES string of the molecule is O=C(COC(=O)c1c2c(nc3ccccc13)C(=Cc1cccc(Oc3ccccc3)c1)CC2)Nc1ccc(Cl)cc1Cl. The second-order valence-electron chi connectivity index (χ2n) is 9.74. The maximum Gasteiger partial charge on any atom is 0.339 e. The highest BCUT2D eigenvalue weighted by atomic mass is 35.5. The average Bonchev–Trinajstić information content (AvgIpc) is 3.38. The summed E-state index contributed by atoms with van der Waals surface area (Å²) < 4.78 is 11.5. The van der Waals surface area contributed by atoms with Crippen molar-refractivity contribution < 1.29 is 19.1 Å². The van der Waals surface area contributed by atoms with Crippen LogP contribution < -0.4 is 10.1 Å². The fourth-order valence-corrected chi connectivity index (χ4v) is 5.44. The second-order valence-corrected chi connectivity index (χ2v) is 10.6. The second kappa shape index (κ2) is 12.1. The first-order valence-corrected chi connectivity index (χ1v) is 14.1. The van der Waals surface area contributed by atoms with E-state index >= 15 is 0 Å². The predicted octanol–water partition coefficient (Wildman–Crippen LogP) is 8.62. The minimum Gasteiger partial charge on any atom is -0.457 e. The topological polar surface area (TPSA) is 77.5 Å². The van der Waals surface area contributed by atoms with Gasteiger partial charge in [-0.15, -0.1) is 0 Å². The van der Waals surface area contributed by atoms with E-state index < -0.39 is 18.5 Å². The number of hydrogen-bond acceptors (Lipinski definition) is 5. The Bertz CT molecular complexity index is 1850. The van der Waals surface area contributed by atoms with Crippen molar-refractivity contribution in [3.05, 3.63) is 129 Å². The molecule has 0 aliphatic heterocycles. The normalized spacial score (nSPS) is 13.1. The number of carbonyl (C=O) groups is 2. The fourth-order valence-electron chi connectivity index (χ4n) is 4.99. The smallest absolute Gasteiger partial charge is 0.339 e. The van der Waals surface area contributed by atoms with Crippen molar-refractivity contribution in [2.45, 2.75) is 12.8 Å². The fraction of sp³-hybridized carbons (Fsp3) is 0.0882. The molecule has 1 aliphatic rings. The third kappa shape index (κ3) is 6.00. The van der Waals surface area contributed by atoms with Crippen LogP contribution in [0, 0.1) is 0 Å². The van der Waals surface area contributed by atoms with E-state index in [4.69, 9.17) is 37.7 Å². The number of pyridine rings is 1. The molecule has 8 heteroatoms. The van der Waals surface area contributed by atoms with Crippen LogP contribution in [0.1, 0.15) is 33.6 Å². The van der Waals surface area contributed by atoms with Crippen LogP contribution in [0.4, 0.5) is 5.69 Å². The number of ether oxygens (including phenoxy) is 2. The van der Waals surface area contributed by atoms with Crippen LogP contribution in [0.15, 0.2) is 97.1 Å². The van der Waals surface area contributed by atoms with Crippen molar-refractivity contribution in [2.75, 3.05) is 11.9 Å². The van der Waals surface area contributed by atoms with Gasteiger partial charge in [-0.05, 0) is 84.1 Å². The number of aromatic nitrogens is 1. The van der Waals surface area contributed by atoms with Gasteiger partial charge in [0.1, 0.15) is 11.5 Å². The molecule has 1 amide bonds. The summed E-state index contributed by atoms with van der Waals surface area (Å²) in [6, 6.07) is 29.6. The van der Waals surface area contributed by atoms with Gasteiger partial charge in [-0.2, -0.15) is 0 Å². The van der Waals surface area contributed by atoms with Crippen LogP contribution in [-0.4, -0.2) is 23.5 Å². The summed E-state index contributed by atoms with van der Waals surface area (Å²) in [6.07, 6.45) is 3.40. The molecule has 0 bridgehead atoms. The molecule has 0 spiro atoms. The standard InChI is InChI=1S/C34H24Cl2N2O4/c35-23-14-16-30(28(36)19-23)37-31(39)20-41-34(40)32-26-11-4-5-12-29(26)38-33-22(13-15-27(32)33)17-21-7-6-10-25(18-21)42-24-8-2-1-3-9-24/h1-12,14,16-19H,13,15,20H2,(H,37,39). The van der Waals surface area contributed by atoms with Crippen LogP contribution in [0.2, 0.25) is 10.0 Å². The lowest BCUT2D eigenvalue weighted by Gasteiger charge is -2.13. The molecule has 1 aliphatic carbocycles. The van der Waals surface area contributed by atoms with Gasteiger partial charge in [-0.3, -0.25) is 4.79 Å². The van der Waals surface area contributed by atoms with Crippen LogP contribution >= 0.6 is 23.2 Å². The number of carbonyl (C=O) groups excluding carboxylic acids is 2. The molecule has 1 N–H and O–H groups in total. The Morgan fingerprint density at radius 2 is 1.64 bits per heavy atom. The van der Waals surface area contributed by atoms with Gasteiger partial charge in [0.15, 0.2) is 6.61 Å². The molecule has 42 heavy (non-hydrogen) atoms. The molecule has 6 nitrogen and oxygen atoms in total. The summed E-state index contributed by atoms with van der Waals surface area (Å²) in [5.41, 5.74) is 5.02. The monoisotopic (exact) mass is 594 g/mol. The number of hydrogen-bond donors (Lipinski definition) is 1. The number of esters is 1. The van der Waals surface area contributed by atoms with Crippen molar-refractivity contribution >= 4 is 63.3 Å². The summed E-state index contributed by atoms with van der Waals surface area (Å²) in [6.45, 7) is -0.472. The largest absolute Gasteiger partial charge is 0.457 e. The van der Waals surface area contributed by atoms with E-state index in [-0.39, 0.29) is 5.02 Å². The number of rotatable bonds is 7. The molecule has 1 heterocycles. The van der Waals surface area contributed by atoms with Gasteiger partial charge in [0.25, 0.3) is 5.91 Å². The molecule has 0 saturated heterocycles. The van der Waals surface area contributed by atoms with E-state index in [1.165, 1.54) is 6.07 Å². The van der Waals surface area contributed by atoms with Crippen LogP contribution in [0.25, 0.3) is 22.6 Å². The first kappa shape index (κ1) is 27.5. The van der Waals surface area contributed by atoms with E-state index in [0.29, 0.717) is 40.0 Å². The Morgan fingerprint density at radius 3 is 2.48 bits per heavy atom. The molecule has 4 aromatic carbocycles. The maximum atomic E-state index is 13.5. The molecule has 0 unspecified atom stereocenters. The minimum absolute atomic E-state index is 0.289. The molecule has 6 rings (SSSR count). The number of nitrogens with zero attached hydrogens (tertiary/aromatic N) is 1. The van der Waals surface area contributed by atoms with Crippen molar-refractivity contribution in [3.8, 4) is 11.5 Å². The van der Waals surface area contributed by atoms with Crippen LogP contribution in [-0.2, 0) is 16.0 Å². The Labute approximate surface area is 252 Å². The first-order chi connectivity index (χ1) is 20.4.